The first-order valence-electron chi connectivity index (χ1n) is 6.59. The van der Waals surface area contributed by atoms with Gasteiger partial charge in [-0.05, 0) is 37.3 Å². The maximum Gasteiger partial charge on any atom is 0.258 e. The van der Waals surface area contributed by atoms with Gasteiger partial charge in [0, 0.05) is 5.02 Å². The fourth-order valence-corrected chi connectivity index (χ4v) is 2.30. The molecular formula is C15H14ClN3O2. The summed E-state index contributed by atoms with van der Waals surface area (Å²) >= 11 is 5.94. The zero-order valence-corrected chi connectivity index (χ0v) is 12.1. The van der Waals surface area contributed by atoms with Crippen LogP contribution in [-0.2, 0) is 6.54 Å². The van der Waals surface area contributed by atoms with E-state index in [1.54, 1.807) is 24.5 Å². The summed E-state index contributed by atoms with van der Waals surface area (Å²) in [5, 5.41) is 4.34. The van der Waals surface area contributed by atoms with Crippen molar-refractivity contribution in [3.05, 3.63) is 63.6 Å². The Morgan fingerprint density at radius 3 is 3.05 bits per heavy atom. The van der Waals surface area contributed by atoms with Gasteiger partial charge in [-0.2, -0.15) is 0 Å². The van der Waals surface area contributed by atoms with Gasteiger partial charge >= 0.3 is 0 Å². The van der Waals surface area contributed by atoms with Gasteiger partial charge in [-0.15, -0.1) is 0 Å². The van der Waals surface area contributed by atoms with E-state index in [4.69, 9.17) is 16.0 Å². The second kappa shape index (κ2) is 5.71. The van der Waals surface area contributed by atoms with Gasteiger partial charge in [0.2, 0.25) is 0 Å². The van der Waals surface area contributed by atoms with Crippen LogP contribution in [0.2, 0.25) is 5.02 Å². The van der Waals surface area contributed by atoms with Crippen LogP contribution in [0.3, 0.4) is 0 Å². The number of fused-ring (bicyclic) bond motifs is 1. The first-order chi connectivity index (χ1) is 10.1. The molecule has 0 aliphatic rings. The van der Waals surface area contributed by atoms with Gasteiger partial charge in [0.05, 0.1) is 29.8 Å². The van der Waals surface area contributed by atoms with E-state index in [2.05, 4.69) is 15.3 Å². The monoisotopic (exact) mass is 303 g/mol. The van der Waals surface area contributed by atoms with Crippen molar-refractivity contribution in [3.8, 4) is 0 Å². The van der Waals surface area contributed by atoms with Crippen LogP contribution in [0.15, 0.2) is 45.8 Å². The lowest BCUT2D eigenvalue weighted by atomic mass is 10.2. The second-order valence-corrected chi connectivity index (χ2v) is 5.23. The fourth-order valence-electron chi connectivity index (χ4n) is 2.13. The summed E-state index contributed by atoms with van der Waals surface area (Å²) in [6.45, 7) is 2.41. The Kier molecular flexibility index (Phi) is 3.77. The number of benzene rings is 1. The second-order valence-electron chi connectivity index (χ2n) is 4.79. The zero-order valence-electron chi connectivity index (χ0n) is 11.4. The Hall–Kier alpha value is -2.11. The first kappa shape index (κ1) is 13.9. The van der Waals surface area contributed by atoms with Gasteiger partial charge in [-0.3, -0.25) is 4.79 Å². The van der Waals surface area contributed by atoms with Gasteiger partial charge in [-0.25, -0.2) is 4.98 Å². The Labute approximate surface area is 126 Å². The van der Waals surface area contributed by atoms with E-state index >= 15 is 0 Å². The number of aromatic nitrogens is 2. The normalized spacial score (nSPS) is 12.7. The molecule has 5 nitrogen and oxygen atoms in total. The third-order valence-corrected chi connectivity index (χ3v) is 3.50. The maximum absolute atomic E-state index is 12.0. The summed E-state index contributed by atoms with van der Waals surface area (Å²) in [5.74, 6) is 1.40. The molecule has 21 heavy (non-hydrogen) atoms. The Morgan fingerprint density at radius 2 is 2.29 bits per heavy atom. The standard InChI is InChI=1S/C15H14ClN3O2/c1-9(13-3-2-6-21-13)17-8-14-18-12-7-10(16)4-5-11(12)15(20)19-14/h2-7,9,17H,8H2,1H3,(H,18,19,20)/t9-/m1/s1. The summed E-state index contributed by atoms with van der Waals surface area (Å²) in [6.07, 6.45) is 1.63. The van der Waals surface area contributed by atoms with Crippen LogP contribution < -0.4 is 10.9 Å². The molecule has 6 heteroatoms. The number of H-pyrrole nitrogens is 1. The summed E-state index contributed by atoms with van der Waals surface area (Å²) in [4.78, 5) is 19.2. The number of furan rings is 1. The molecular weight excluding hydrogens is 290 g/mol. The maximum atomic E-state index is 12.0. The van der Waals surface area contributed by atoms with Crippen molar-refractivity contribution in [2.24, 2.45) is 0 Å². The molecule has 2 heterocycles. The van der Waals surface area contributed by atoms with E-state index in [9.17, 15) is 4.79 Å². The minimum absolute atomic E-state index is 0.0281. The van der Waals surface area contributed by atoms with E-state index in [0.29, 0.717) is 28.3 Å². The molecule has 0 radical (unpaired) electrons. The molecule has 3 aromatic rings. The summed E-state index contributed by atoms with van der Waals surface area (Å²) in [6, 6.07) is 8.80. The van der Waals surface area contributed by atoms with Crippen LogP contribution in [0.25, 0.3) is 10.9 Å². The molecule has 0 aliphatic heterocycles. The highest BCUT2D eigenvalue weighted by atomic mass is 35.5. The van der Waals surface area contributed by atoms with E-state index in [1.165, 1.54) is 0 Å². The van der Waals surface area contributed by atoms with Crippen molar-refractivity contribution >= 4 is 22.5 Å². The molecule has 2 N–H and O–H groups in total. The third-order valence-electron chi connectivity index (χ3n) is 3.26. The number of halogens is 1. The molecule has 0 saturated heterocycles. The van der Waals surface area contributed by atoms with Gasteiger partial charge in [0.15, 0.2) is 0 Å². The smallest absolute Gasteiger partial charge is 0.258 e. The predicted molar refractivity (Wildman–Crippen MR) is 81.3 cm³/mol. The molecule has 1 aromatic carbocycles. The number of nitrogens with one attached hydrogen (secondary N) is 2. The van der Waals surface area contributed by atoms with Gasteiger partial charge < -0.3 is 14.7 Å². The molecule has 2 aromatic heterocycles. The SMILES string of the molecule is C[C@@H](NCc1nc2cc(Cl)ccc2c(=O)[nH]1)c1ccco1. The molecule has 0 fully saturated rings. The molecule has 1 atom stereocenters. The number of hydrogen-bond acceptors (Lipinski definition) is 4. The molecule has 0 spiro atoms. The van der Waals surface area contributed by atoms with Crippen molar-refractivity contribution in [2.75, 3.05) is 0 Å². The highest BCUT2D eigenvalue weighted by Crippen LogP contribution is 2.15. The third kappa shape index (κ3) is 2.99. The number of rotatable bonds is 4. The van der Waals surface area contributed by atoms with Crippen LogP contribution >= 0.6 is 11.6 Å². The fraction of sp³-hybridized carbons (Fsp3) is 0.200. The Balaban J connectivity index is 1.83. The summed E-state index contributed by atoms with van der Waals surface area (Å²) in [5.41, 5.74) is 0.424. The molecule has 3 rings (SSSR count). The topological polar surface area (TPSA) is 70.9 Å². The van der Waals surface area contributed by atoms with Crippen molar-refractivity contribution in [1.82, 2.24) is 15.3 Å². The van der Waals surface area contributed by atoms with Crippen molar-refractivity contribution in [1.29, 1.82) is 0 Å². The van der Waals surface area contributed by atoms with E-state index in [-0.39, 0.29) is 11.6 Å². The van der Waals surface area contributed by atoms with Crippen LogP contribution in [0.5, 0.6) is 0 Å². The predicted octanol–water partition coefficient (Wildman–Crippen LogP) is 3.02. The van der Waals surface area contributed by atoms with E-state index < -0.39 is 0 Å². The molecule has 0 aliphatic carbocycles. The molecule has 0 bridgehead atoms. The lowest BCUT2D eigenvalue weighted by Crippen LogP contribution is -2.22. The Bertz CT molecular complexity index is 811. The lowest BCUT2D eigenvalue weighted by molar-refractivity contribution is 0.427. The molecule has 0 saturated carbocycles. The van der Waals surface area contributed by atoms with Gasteiger partial charge in [0.25, 0.3) is 5.56 Å². The first-order valence-corrected chi connectivity index (χ1v) is 6.96. The van der Waals surface area contributed by atoms with Gasteiger partial charge in [0.1, 0.15) is 11.6 Å². The average Bonchev–Trinajstić information content (AvgIpc) is 2.98. The minimum Gasteiger partial charge on any atom is -0.468 e. The van der Waals surface area contributed by atoms with Crippen LogP contribution in [0.4, 0.5) is 0 Å². The number of nitrogens with zero attached hydrogens (tertiary/aromatic N) is 1. The number of aromatic amines is 1. The Morgan fingerprint density at radius 1 is 1.43 bits per heavy atom. The molecule has 0 amide bonds. The molecule has 0 unspecified atom stereocenters. The summed E-state index contributed by atoms with van der Waals surface area (Å²) < 4.78 is 5.32. The quantitative estimate of drug-likeness (QED) is 0.777. The molecule has 108 valence electrons. The van der Waals surface area contributed by atoms with E-state index in [0.717, 1.165) is 5.76 Å². The summed E-state index contributed by atoms with van der Waals surface area (Å²) in [7, 11) is 0. The van der Waals surface area contributed by atoms with Crippen LogP contribution in [0.1, 0.15) is 24.6 Å². The van der Waals surface area contributed by atoms with Crippen molar-refractivity contribution in [2.45, 2.75) is 19.5 Å². The largest absolute Gasteiger partial charge is 0.468 e. The van der Waals surface area contributed by atoms with Crippen LogP contribution in [0, 0.1) is 0 Å². The minimum atomic E-state index is -0.167. The number of hydrogen-bond donors (Lipinski definition) is 2. The highest BCUT2D eigenvalue weighted by molar-refractivity contribution is 6.31. The average molecular weight is 304 g/mol. The van der Waals surface area contributed by atoms with E-state index in [1.807, 2.05) is 19.1 Å². The zero-order chi connectivity index (χ0) is 14.8. The van der Waals surface area contributed by atoms with Crippen molar-refractivity contribution < 1.29 is 4.42 Å². The van der Waals surface area contributed by atoms with Gasteiger partial charge in [-0.1, -0.05) is 11.6 Å². The highest BCUT2D eigenvalue weighted by Gasteiger charge is 2.09. The lowest BCUT2D eigenvalue weighted by Gasteiger charge is -2.11. The van der Waals surface area contributed by atoms with Crippen LogP contribution in [-0.4, -0.2) is 9.97 Å². The van der Waals surface area contributed by atoms with Crippen molar-refractivity contribution in [3.63, 3.8) is 0 Å².